The molecule has 0 aromatic carbocycles. The monoisotopic (exact) mass is 327 g/mol. The van der Waals surface area contributed by atoms with Gasteiger partial charge in [-0.1, -0.05) is 6.92 Å². The molecular weight excluding hydrogens is 317 g/mol. The van der Waals surface area contributed by atoms with E-state index in [0.717, 1.165) is 11.1 Å². The lowest BCUT2D eigenvalue weighted by molar-refractivity contribution is -0.707. The third-order valence-corrected chi connectivity index (χ3v) is 2.07. The van der Waals surface area contributed by atoms with Crippen molar-refractivity contribution in [3.05, 3.63) is 29.0 Å². The van der Waals surface area contributed by atoms with Crippen molar-refractivity contribution in [2.24, 2.45) is 0 Å². The fourth-order valence-electron chi connectivity index (χ4n) is 0.878. The summed E-state index contributed by atoms with van der Waals surface area (Å²) in [6, 6.07) is 6.12. The molecule has 0 unspecified atom stereocenters. The van der Waals surface area contributed by atoms with Gasteiger partial charge in [-0.25, -0.2) is 0 Å². The molecule has 3 heteroatoms. The second-order valence-corrected chi connectivity index (χ2v) is 3.03. The first-order valence-corrected chi connectivity index (χ1v) is 4.28. The SMILES string of the molecule is CCC[n+]1ccccc1Br.[I-]. The van der Waals surface area contributed by atoms with Crippen LogP contribution in [0.3, 0.4) is 0 Å². The van der Waals surface area contributed by atoms with Gasteiger partial charge in [0.15, 0.2) is 6.20 Å². The molecule has 0 radical (unpaired) electrons. The number of nitrogens with zero attached hydrogens (tertiary/aromatic N) is 1. The minimum absolute atomic E-state index is 0. The highest BCUT2D eigenvalue weighted by molar-refractivity contribution is 9.10. The van der Waals surface area contributed by atoms with Crippen molar-refractivity contribution in [3.63, 3.8) is 0 Å². The molecule has 1 heterocycles. The zero-order chi connectivity index (χ0) is 7.40. The molecule has 0 spiro atoms. The van der Waals surface area contributed by atoms with Crippen LogP contribution in [-0.4, -0.2) is 0 Å². The first-order chi connectivity index (χ1) is 4.84. The lowest BCUT2D eigenvalue weighted by atomic mass is 10.4. The number of pyridine rings is 1. The van der Waals surface area contributed by atoms with Gasteiger partial charge in [0, 0.05) is 34.5 Å². The van der Waals surface area contributed by atoms with E-state index in [9.17, 15) is 0 Å². The number of aryl methyl sites for hydroxylation is 1. The molecular formula is C8H11BrIN. The smallest absolute Gasteiger partial charge is 0.247 e. The maximum absolute atomic E-state index is 3.46. The third kappa shape index (κ3) is 3.51. The molecule has 0 atom stereocenters. The van der Waals surface area contributed by atoms with Crippen LogP contribution in [0, 0.1) is 0 Å². The Morgan fingerprint density at radius 2 is 2.18 bits per heavy atom. The molecule has 0 fully saturated rings. The topological polar surface area (TPSA) is 3.88 Å². The molecule has 0 aliphatic carbocycles. The van der Waals surface area contributed by atoms with E-state index in [4.69, 9.17) is 0 Å². The summed E-state index contributed by atoms with van der Waals surface area (Å²) in [5.41, 5.74) is 0. The van der Waals surface area contributed by atoms with Gasteiger partial charge < -0.3 is 24.0 Å². The maximum atomic E-state index is 3.46. The lowest BCUT2D eigenvalue weighted by Crippen LogP contribution is -3.00. The molecule has 0 aliphatic heterocycles. The summed E-state index contributed by atoms with van der Waals surface area (Å²) < 4.78 is 3.33. The van der Waals surface area contributed by atoms with E-state index in [1.165, 1.54) is 6.42 Å². The summed E-state index contributed by atoms with van der Waals surface area (Å²) in [5, 5.41) is 0. The predicted octanol–water partition coefficient (Wildman–Crippen LogP) is -0.849. The van der Waals surface area contributed by atoms with Gasteiger partial charge >= 0.3 is 0 Å². The van der Waals surface area contributed by atoms with Crippen molar-refractivity contribution < 1.29 is 28.5 Å². The molecule has 11 heavy (non-hydrogen) atoms. The summed E-state index contributed by atoms with van der Waals surface area (Å²) in [4.78, 5) is 0. The average molecular weight is 328 g/mol. The lowest BCUT2D eigenvalue weighted by Gasteiger charge is -1.93. The van der Waals surface area contributed by atoms with Crippen LogP contribution in [0.4, 0.5) is 0 Å². The van der Waals surface area contributed by atoms with E-state index in [0.29, 0.717) is 0 Å². The Morgan fingerprint density at radius 1 is 1.45 bits per heavy atom. The Kier molecular flexibility index (Phi) is 6.14. The van der Waals surface area contributed by atoms with Gasteiger partial charge in [0.1, 0.15) is 6.54 Å². The third-order valence-electron chi connectivity index (χ3n) is 1.35. The van der Waals surface area contributed by atoms with E-state index in [-0.39, 0.29) is 24.0 Å². The first kappa shape index (κ1) is 11.4. The van der Waals surface area contributed by atoms with Crippen LogP contribution < -0.4 is 28.5 Å². The maximum Gasteiger partial charge on any atom is 0.247 e. The average Bonchev–Trinajstić information content (AvgIpc) is 1.94. The molecule has 0 N–H and O–H groups in total. The molecule has 1 rings (SSSR count). The Bertz CT molecular complexity index is 215. The standard InChI is InChI=1S/C8H11BrN.HI/c1-2-6-10-7-4-3-5-8(10)9;/h3-5,7H,2,6H2,1H3;1H/q+1;/p-1. The van der Waals surface area contributed by atoms with Crippen LogP contribution in [0.15, 0.2) is 29.0 Å². The Balaban J connectivity index is 0.000001000. The van der Waals surface area contributed by atoms with Crippen molar-refractivity contribution in [2.45, 2.75) is 19.9 Å². The van der Waals surface area contributed by atoms with Gasteiger partial charge in [0.05, 0.1) is 0 Å². The first-order valence-electron chi connectivity index (χ1n) is 3.48. The van der Waals surface area contributed by atoms with Gasteiger partial charge in [0.2, 0.25) is 4.60 Å². The summed E-state index contributed by atoms with van der Waals surface area (Å²) in [6.07, 6.45) is 3.25. The molecule has 1 aromatic rings. The van der Waals surface area contributed by atoms with Gasteiger partial charge in [-0.3, -0.25) is 0 Å². The molecule has 62 valence electrons. The molecule has 1 aromatic heterocycles. The zero-order valence-electron chi connectivity index (χ0n) is 6.43. The van der Waals surface area contributed by atoms with Gasteiger partial charge in [-0.05, 0) is 6.07 Å². The van der Waals surface area contributed by atoms with Crippen LogP contribution in [0.25, 0.3) is 0 Å². The number of hydrogen-bond acceptors (Lipinski definition) is 0. The van der Waals surface area contributed by atoms with E-state index >= 15 is 0 Å². The Morgan fingerprint density at radius 3 is 2.73 bits per heavy atom. The normalized spacial score (nSPS) is 8.91. The second kappa shape index (κ2) is 5.94. The highest BCUT2D eigenvalue weighted by Gasteiger charge is 2.01. The van der Waals surface area contributed by atoms with Crippen LogP contribution >= 0.6 is 15.9 Å². The Labute approximate surface area is 93.0 Å². The number of rotatable bonds is 2. The molecule has 0 aliphatic rings. The summed E-state index contributed by atoms with van der Waals surface area (Å²) in [6.45, 7) is 3.26. The molecule has 0 saturated carbocycles. The van der Waals surface area contributed by atoms with Crippen molar-refractivity contribution in [2.75, 3.05) is 0 Å². The van der Waals surface area contributed by atoms with Gasteiger partial charge in [0.25, 0.3) is 0 Å². The van der Waals surface area contributed by atoms with Crippen LogP contribution in [0.2, 0.25) is 0 Å². The van der Waals surface area contributed by atoms with Crippen molar-refractivity contribution >= 4 is 15.9 Å². The highest BCUT2D eigenvalue weighted by atomic mass is 127. The quantitative estimate of drug-likeness (QED) is 0.378. The van der Waals surface area contributed by atoms with Crippen molar-refractivity contribution in [1.29, 1.82) is 0 Å². The van der Waals surface area contributed by atoms with Crippen LogP contribution in [0.5, 0.6) is 0 Å². The van der Waals surface area contributed by atoms with E-state index in [2.05, 4.69) is 39.7 Å². The fourth-order valence-corrected chi connectivity index (χ4v) is 1.33. The summed E-state index contributed by atoms with van der Waals surface area (Å²) >= 11 is 3.46. The summed E-state index contributed by atoms with van der Waals surface area (Å²) in [5.74, 6) is 0. The van der Waals surface area contributed by atoms with Crippen LogP contribution in [0.1, 0.15) is 13.3 Å². The van der Waals surface area contributed by atoms with Gasteiger partial charge in [-0.2, -0.15) is 4.57 Å². The fraction of sp³-hybridized carbons (Fsp3) is 0.375. The number of halogens is 2. The molecule has 0 saturated heterocycles. The van der Waals surface area contributed by atoms with Crippen LogP contribution in [-0.2, 0) is 6.54 Å². The van der Waals surface area contributed by atoms with E-state index < -0.39 is 0 Å². The minimum Gasteiger partial charge on any atom is -1.00 e. The summed E-state index contributed by atoms with van der Waals surface area (Å²) in [7, 11) is 0. The minimum atomic E-state index is 0. The molecule has 0 amide bonds. The zero-order valence-corrected chi connectivity index (χ0v) is 10.2. The predicted molar refractivity (Wildman–Crippen MR) is 44.6 cm³/mol. The van der Waals surface area contributed by atoms with E-state index in [1.54, 1.807) is 0 Å². The van der Waals surface area contributed by atoms with E-state index in [1.807, 2.05) is 12.1 Å². The van der Waals surface area contributed by atoms with Gasteiger partial charge in [-0.15, -0.1) is 0 Å². The second-order valence-electron chi connectivity index (χ2n) is 2.22. The van der Waals surface area contributed by atoms with Crippen molar-refractivity contribution in [1.82, 2.24) is 0 Å². The molecule has 0 bridgehead atoms. The largest absolute Gasteiger partial charge is 1.00 e. The molecule has 1 nitrogen and oxygen atoms in total. The Hall–Kier alpha value is 0.360. The number of hydrogen-bond donors (Lipinski definition) is 0. The highest BCUT2D eigenvalue weighted by Crippen LogP contribution is 2.00. The number of aromatic nitrogens is 1. The van der Waals surface area contributed by atoms with Crippen molar-refractivity contribution in [3.8, 4) is 0 Å².